The Hall–Kier alpha value is -0.210. The summed E-state index contributed by atoms with van der Waals surface area (Å²) in [6.07, 6.45) is 2.82. The Labute approximate surface area is 91.2 Å². The largest absolute Gasteiger partial charge is 0.490 e. The summed E-state index contributed by atoms with van der Waals surface area (Å²) in [6.45, 7) is 0. The van der Waals surface area contributed by atoms with Gasteiger partial charge in [0.1, 0.15) is 5.75 Å². The molecule has 0 saturated heterocycles. The van der Waals surface area contributed by atoms with Gasteiger partial charge in [0.15, 0.2) is 0 Å². The van der Waals surface area contributed by atoms with E-state index in [0.717, 1.165) is 15.8 Å². The molecule has 0 radical (unpaired) electrons. The second-order valence-electron chi connectivity index (χ2n) is 3.20. The normalized spacial score (nSPS) is 15.8. The summed E-state index contributed by atoms with van der Waals surface area (Å²) in [5.41, 5.74) is 1.08. The Kier molecular flexibility index (Phi) is 2.80. The van der Waals surface area contributed by atoms with Gasteiger partial charge in [-0.15, -0.1) is 11.6 Å². The van der Waals surface area contributed by atoms with Gasteiger partial charge in [0.2, 0.25) is 0 Å². The molecule has 0 bridgehead atoms. The van der Waals surface area contributed by atoms with E-state index in [1.165, 1.54) is 12.8 Å². The maximum atomic E-state index is 5.77. The van der Waals surface area contributed by atoms with Crippen molar-refractivity contribution in [3.05, 3.63) is 28.2 Å². The second kappa shape index (κ2) is 3.89. The van der Waals surface area contributed by atoms with Gasteiger partial charge >= 0.3 is 0 Å². The highest BCUT2D eigenvalue weighted by Gasteiger charge is 2.23. The highest BCUT2D eigenvalue weighted by molar-refractivity contribution is 9.10. The molecule has 1 aliphatic carbocycles. The molecule has 0 amide bonds. The van der Waals surface area contributed by atoms with Crippen LogP contribution in [-0.4, -0.2) is 6.10 Å². The summed E-state index contributed by atoms with van der Waals surface area (Å²) in [7, 11) is 0. The lowest BCUT2D eigenvalue weighted by molar-refractivity contribution is 0.303. The van der Waals surface area contributed by atoms with E-state index in [2.05, 4.69) is 15.9 Å². The Morgan fingerprint density at radius 3 is 2.85 bits per heavy atom. The summed E-state index contributed by atoms with van der Waals surface area (Å²) in [4.78, 5) is 0. The molecule has 13 heavy (non-hydrogen) atoms. The van der Waals surface area contributed by atoms with Crippen molar-refractivity contribution >= 4 is 27.5 Å². The van der Waals surface area contributed by atoms with Crippen LogP contribution in [0.15, 0.2) is 22.7 Å². The molecule has 2 rings (SSSR count). The molecular formula is C10H10BrClO. The molecule has 0 unspecified atom stereocenters. The minimum Gasteiger partial charge on any atom is -0.490 e. The van der Waals surface area contributed by atoms with E-state index in [9.17, 15) is 0 Å². The maximum absolute atomic E-state index is 5.77. The third-order valence-corrected chi connectivity index (χ3v) is 3.05. The minimum atomic E-state index is 0.448. The number of hydrogen-bond acceptors (Lipinski definition) is 1. The van der Waals surface area contributed by atoms with Gasteiger partial charge in [-0.25, -0.2) is 0 Å². The van der Waals surface area contributed by atoms with Crippen LogP contribution in [0.3, 0.4) is 0 Å². The smallest absolute Gasteiger partial charge is 0.120 e. The van der Waals surface area contributed by atoms with Crippen LogP contribution in [0.25, 0.3) is 0 Å². The van der Waals surface area contributed by atoms with Crippen molar-refractivity contribution in [2.75, 3.05) is 0 Å². The minimum absolute atomic E-state index is 0.448. The van der Waals surface area contributed by atoms with Gasteiger partial charge < -0.3 is 4.74 Å². The molecule has 1 aliphatic rings. The molecule has 3 heteroatoms. The summed E-state index contributed by atoms with van der Waals surface area (Å²) in [5, 5.41) is 0. The summed E-state index contributed by atoms with van der Waals surface area (Å²) >= 11 is 9.20. The Morgan fingerprint density at radius 1 is 1.46 bits per heavy atom. The van der Waals surface area contributed by atoms with Crippen LogP contribution < -0.4 is 4.74 Å². The molecule has 1 saturated carbocycles. The predicted octanol–water partition coefficient (Wildman–Crippen LogP) is 3.73. The number of ether oxygens (including phenoxy) is 1. The molecule has 0 aliphatic heterocycles. The van der Waals surface area contributed by atoms with E-state index >= 15 is 0 Å². The van der Waals surface area contributed by atoms with E-state index in [1.54, 1.807) is 0 Å². The number of alkyl halides is 1. The molecule has 70 valence electrons. The Morgan fingerprint density at radius 2 is 2.23 bits per heavy atom. The first kappa shape index (κ1) is 9.35. The van der Waals surface area contributed by atoms with Crippen molar-refractivity contribution in [3.8, 4) is 5.75 Å². The fraction of sp³-hybridized carbons (Fsp3) is 0.400. The highest BCUT2D eigenvalue weighted by atomic mass is 79.9. The first-order chi connectivity index (χ1) is 6.29. The van der Waals surface area contributed by atoms with Crippen LogP contribution in [0.4, 0.5) is 0 Å². The third kappa shape index (κ3) is 2.38. The number of halogens is 2. The topological polar surface area (TPSA) is 9.23 Å². The average Bonchev–Trinajstić information content (AvgIpc) is 2.92. The van der Waals surface area contributed by atoms with Gasteiger partial charge in [0.25, 0.3) is 0 Å². The lowest BCUT2D eigenvalue weighted by Gasteiger charge is -2.06. The van der Waals surface area contributed by atoms with Gasteiger partial charge in [0.05, 0.1) is 6.10 Å². The van der Waals surface area contributed by atoms with Crippen LogP contribution in [-0.2, 0) is 5.88 Å². The van der Waals surface area contributed by atoms with Crippen molar-refractivity contribution in [3.63, 3.8) is 0 Å². The molecular weight excluding hydrogens is 251 g/mol. The van der Waals surface area contributed by atoms with Crippen LogP contribution in [0.5, 0.6) is 5.75 Å². The zero-order valence-electron chi connectivity index (χ0n) is 7.09. The number of rotatable bonds is 3. The number of benzene rings is 1. The molecule has 0 N–H and O–H groups in total. The molecule has 1 nitrogen and oxygen atoms in total. The maximum Gasteiger partial charge on any atom is 0.120 e. The molecule has 1 fully saturated rings. The quantitative estimate of drug-likeness (QED) is 0.753. The van der Waals surface area contributed by atoms with Crippen molar-refractivity contribution in [2.45, 2.75) is 24.8 Å². The van der Waals surface area contributed by atoms with Crippen molar-refractivity contribution in [1.82, 2.24) is 0 Å². The van der Waals surface area contributed by atoms with Crippen LogP contribution in [0.1, 0.15) is 18.4 Å². The number of hydrogen-bond donors (Lipinski definition) is 0. The van der Waals surface area contributed by atoms with Crippen molar-refractivity contribution < 1.29 is 4.74 Å². The van der Waals surface area contributed by atoms with E-state index in [4.69, 9.17) is 16.3 Å². The highest BCUT2D eigenvalue weighted by Crippen LogP contribution is 2.29. The first-order valence-corrected chi connectivity index (χ1v) is 5.63. The fourth-order valence-electron chi connectivity index (χ4n) is 1.11. The second-order valence-corrected chi connectivity index (χ2v) is 4.33. The van der Waals surface area contributed by atoms with Crippen LogP contribution in [0, 0.1) is 0 Å². The molecule has 0 spiro atoms. The predicted molar refractivity (Wildman–Crippen MR) is 57.3 cm³/mol. The summed E-state index contributed by atoms with van der Waals surface area (Å²) in [5.74, 6) is 1.45. The standard InChI is InChI=1S/C10H10BrClO/c11-10-4-3-9(5-7(10)6-12)13-8-1-2-8/h3-5,8H,1-2,6H2. The lowest BCUT2D eigenvalue weighted by Crippen LogP contribution is -1.96. The van der Waals surface area contributed by atoms with E-state index in [-0.39, 0.29) is 0 Å². The average molecular weight is 262 g/mol. The zero-order valence-corrected chi connectivity index (χ0v) is 9.44. The fourth-order valence-corrected chi connectivity index (χ4v) is 1.87. The van der Waals surface area contributed by atoms with E-state index < -0.39 is 0 Å². The van der Waals surface area contributed by atoms with Crippen molar-refractivity contribution in [1.29, 1.82) is 0 Å². The monoisotopic (exact) mass is 260 g/mol. The molecule has 1 aromatic carbocycles. The van der Waals surface area contributed by atoms with Crippen molar-refractivity contribution in [2.24, 2.45) is 0 Å². The van der Waals surface area contributed by atoms with E-state index in [0.29, 0.717) is 12.0 Å². The van der Waals surface area contributed by atoms with Crippen LogP contribution >= 0.6 is 27.5 Å². The van der Waals surface area contributed by atoms with E-state index in [1.807, 2.05) is 18.2 Å². The van der Waals surface area contributed by atoms with Gasteiger partial charge in [0, 0.05) is 10.4 Å². The zero-order chi connectivity index (χ0) is 9.26. The first-order valence-electron chi connectivity index (χ1n) is 4.30. The molecule has 0 heterocycles. The lowest BCUT2D eigenvalue weighted by atomic mass is 10.2. The van der Waals surface area contributed by atoms with Gasteiger partial charge in [-0.3, -0.25) is 0 Å². The van der Waals surface area contributed by atoms with Gasteiger partial charge in [-0.1, -0.05) is 15.9 Å². The third-order valence-electron chi connectivity index (χ3n) is 1.99. The Balaban J connectivity index is 2.16. The van der Waals surface area contributed by atoms with Gasteiger partial charge in [-0.05, 0) is 36.6 Å². The summed E-state index contributed by atoms with van der Waals surface area (Å²) in [6, 6.07) is 5.95. The van der Waals surface area contributed by atoms with Crippen LogP contribution in [0.2, 0.25) is 0 Å². The SMILES string of the molecule is ClCc1cc(OC2CC2)ccc1Br. The van der Waals surface area contributed by atoms with Gasteiger partial charge in [-0.2, -0.15) is 0 Å². The molecule has 0 atom stereocenters. The molecule has 1 aromatic rings. The Bertz CT molecular complexity index is 310. The summed E-state index contributed by atoms with van der Waals surface area (Å²) < 4.78 is 6.69. The molecule has 0 aromatic heterocycles.